The second-order valence-electron chi connectivity index (χ2n) is 3.88. The number of aromatic nitrogens is 1. The third-order valence-electron chi connectivity index (χ3n) is 2.56. The van der Waals surface area contributed by atoms with E-state index in [1.165, 1.54) is 0 Å². The predicted molar refractivity (Wildman–Crippen MR) is 73.4 cm³/mol. The molecule has 5 heteroatoms. The topological polar surface area (TPSA) is 51.2 Å². The second-order valence-corrected chi connectivity index (χ2v) is 4.26. The molecule has 0 aliphatic heterocycles. The van der Waals surface area contributed by atoms with E-state index in [1.807, 2.05) is 24.3 Å². The highest BCUT2D eigenvalue weighted by atomic mass is 35.5. The van der Waals surface area contributed by atoms with Gasteiger partial charge in [-0.2, -0.15) is 0 Å². The molecule has 1 aromatic carbocycles. The number of pyridine rings is 1. The number of carbonyl (C=O) groups excluding carboxylic acids is 1. The number of nitrogens with one attached hydrogen (secondary N) is 1. The van der Waals surface area contributed by atoms with Gasteiger partial charge in [-0.3, -0.25) is 4.79 Å². The minimum absolute atomic E-state index is 0.252. The number of ether oxygens (including phenoxy) is 1. The summed E-state index contributed by atoms with van der Waals surface area (Å²) in [4.78, 5) is 15.8. The molecule has 1 amide bonds. The highest BCUT2D eigenvalue weighted by Crippen LogP contribution is 2.11. The zero-order valence-electron chi connectivity index (χ0n) is 10.4. The van der Waals surface area contributed by atoms with E-state index in [0.29, 0.717) is 17.4 Å². The first-order valence-corrected chi connectivity index (χ1v) is 6.10. The maximum absolute atomic E-state index is 11.8. The largest absolute Gasteiger partial charge is 0.497 e. The number of methoxy groups -OCH3 is 1. The van der Waals surface area contributed by atoms with Crippen LogP contribution in [0.5, 0.6) is 5.75 Å². The summed E-state index contributed by atoms with van der Waals surface area (Å²) in [7, 11) is 1.61. The van der Waals surface area contributed by atoms with Gasteiger partial charge in [0.25, 0.3) is 5.91 Å². The van der Waals surface area contributed by atoms with Crippen LogP contribution in [0.25, 0.3) is 0 Å². The van der Waals surface area contributed by atoms with E-state index in [9.17, 15) is 4.79 Å². The van der Waals surface area contributed by atoms with Crippen LogP contribution in [0, 0.1) is 0 Å². The zero-order chi connectivity index (χ0) is 13.7. The SMILES string of the molecule is COc1ccc(CNC(=O)c2cccc(Cl)n2)cc1. The molecule has 1 aromatic heterocycles. The van der Waals surface area contributed by atoms with Crippen LogP contribution in [0.15, 0.2) is 42.5 Å². The molecule has 0 fully saturated rings. The van der Waals surface area contributed by atoms with Crippen molar-refractivity contribution in [3.63, 3.8) is 0 Å². The van der Waals surface area contributed by atoms with Crippen molar-refractivity contribution >= 4 is 17.5 Å². The van der Waals surface area contributed by atoms with Gasteiger partial charge in [-0.1, -0.05) is 29.8 Å². The number of carbonyl (C=O) groups is 1. The Bertz CT molecular complexity index is 570. The molecule has 19 heavy (non-hydrogen) atoms. The summed E-state index contributed by atoms with van der Waals surface area (Å²) in [6.07, 6.45) is 0. The van der Waals surface area contributed by atoms with Crippen LogP contribution in [0.3, 0.4) is 0 Å². The van der Waals surface area contributed by atoms with Crippen molar-refractivity contribution in [2.24, 2.45) is 0 Å². The zero-order valence-corrected chi connectivity index (χ0v) is 11.1. The number of hydrogen-bond acceptors (Lipinski definition) is 3. The highest BCUT2D eigenvalue weighted by molar-refractivity contribution is 6.29. The first-order valence-electron chi connectivity index (χ1n) is 5.73. The van der Waals surface area contributed by atoms with Crippen molar-refractivity contribution in [1.82, 2.24) is 10.3 Å². The first kappa shape index (κ1) is 13.4. The van der Waals surface area contributed by atoms with Crippen molar-refractivity contribution in [2.75, 3.05) is 7.11 Å². The fourth-order valence-corrected chi connectivity index (χ4v) is 1.71. The van der Waals surface area contributed by atoms with Gasteiger partial charge in [-0.15, -0.1) is 0 Å². The summed E-state index contributed by atoms with van der Waals surface area (Å²) >= 11 is 5.73. The second kappa shape index (κ2) is 6.20. The van der Waals surface area contributed by atoms with Crippen LogP contribution >= 0.6 is 11.6 Å². The number of rotatable bonds is 4. The lowest BCUT2D eigenvalue weighted by Crippen LogP contribution is -2.23. The molecule has 98 valence electrons. The van der Waals surface area contributed by atoms with Gasteiger partial charge < -0.3 is 10.1 Å². The average Bonchev–Trinajstić information content (AvgIpc) is 2.45. The first-order chi connectivity index (χ1) is 9.19. The Morgan fingerprint density at radius 3 is 2.63 bits per heavy atom. The normalized spacial score (nSPS) is 10.0. The number of halogens is 1. The number of hydrogen-bond donors (Lipinski definition) is 1. The van der Waals surface area contributed by atoms with Gasteiger partial charge in [0.05, 0.1) is 7.11 Å². The maximum Gasteiger partial charge on any atom is 0.270 e. The van der Waals surface area contributed by atoms with E-state index in [1.54, 1.807) is 25.3 Å². The van der Waals surface area contributed by atoms with Crippen molar-refractivity contribution < 1.29 is 9.53 Å². The van der Waals surface area contributed by atoms with Crippen molar-refractivity contribution in [2.45, 2.75) is 6.54 Å². The summed E-state index contributed by atoms with van der Waals surface area (Å²) in [5, 5.41) is 3.08. The Hall–Kier alpha value is -2.07. The standard InChI is InChI=1S/C14H13ClN2O2/c1-19-11-7-5-10(6-8-11)9-16-14(18)12-3-2-4-13(15)17-12/h2-8H,9H2,1H3,(H,16,18). The van der Waals surface area contributed by atoms with E-state index in [4.69, 9.17) is 16.3 Å². The van der Waals surface area contributed by atoms with Crippen LogP contribution in [-0.2, 0) is 6.54 Å². The highest BCUT2D eigenvalue weighted by Gasteiger charge is 2.07. The molecule has 0 saturated carbocycles. The van der Waals surface area contributed by atoms with E-state index in [0.717, 1.165) is 11.3 Å². The molecule has 1 heterocycles. The molecule has 0 spiro atoms. The molecule has 2 aromatic rings. The molecular weight excluding hydrogens is 264 g/mol. The van der Waals surface area contributed by atoms with Gasteiger partial charge in [0.2, 0.25) is 0 Å². The fraction of sp³-hybridized carbons (Fsp3) is 0.143. The minimum atomic E-state index is -0.252. The van der Waals surface area contributed by atoms with Crippen LogP contribution in [-0.4, -0.2) is 18.0 Å². The minimum Gasteiger partial charge on any atom is -0.497 e. The molecule has 0 bridgehead atoms. The van der Waals surface area contributed by atoms with Crippen molar-refractivity contribution in [1.29, 1.82) is 0 Å². The van der Waals surface area contributed by atoms with Gasteiger partial charge in [0.1, 0.15) is 16.6 Å². The van der Waals surface area contributed by atoms with Gasteiger partial charge >= 0.3 is 0 Å². The van der Waals surface area contributed by atoms with Crippen molar-refractivity contribution in [3.05, 3.63) is 58.9 Å². The molecule has 2 rings (SSSR count). The van der Waals surface area contributed by atoms with E-state index < -0.39 is 0 Å². The third-order valence-corrected chi connectivity index (χ3v) is 2.77. The van der Waals surface area contributed by atoms with Gasteiger partial charge in [-0.05, 0) is 29.8 Å². The summed E-state index contributed by atoms with van der Waals surface area (Å²) in [6.45, 7) is 0.428. The van der Waals surface area contributed by atoms with Gasteiger partial charge in [0.15, 0.2) is 0 Å². The smallest absolute Gasteiger partial charge is 0.270 e. The predicted octanol–water partition coefficient (Wildman–Crippen LogP) is 2.67. The molecule has 1 N–H and O–H groups in total. The number of amides is 1. The Morgan fingerprint density at radius 1 is 1.26 bits per heavy atom. The summed E-state index contributed by atoms with van der Waals surface area (Å²) in [5.41, 5.74) is 1.29. The molecule has 0 atom stereocenters. The molecule has 0 unspecified atom stereocenters. The van der Waals surface area contributed by atoms with Crippen LogP contribution in [0.1, 0.15) is 16.1 Å². The van der Waals surface area contributed by atoms with E-state index >= 15 is 0 Å². The van der Waals surface area contributed by atoms with Crippen molar-refractivity contribution in [3.8, 4) is 5.75 Å². The molecule has 0 aliphatic rings. The Kier molecular flexibility index (Phi) is 4.36. The Morgan fingerprint density at radius 2 is 2.00 bits per heavy atom. The number of nitrogens with zero attached hydrogens (tertiary/aromatic N) is 1. The third kappa shape index (κ3) is 3.69. The molecular formula is C14H13ClN2O2. The maximum atomic E-state index is 11.8. The Labute approximate surface area is 116 Å². The van der Waals surface area contributed by atoms with Crippen LogP contribution in [0.4, 0.5) is 0 Å². The fourth-order valence-electron chi connectivity index (χ4n) is 1.55. The van der Waals surface area contributed by atoms with Gasteiger partial charge in [0, 0.05) is 6.54 Å². The Balaban J connectivity index is 1.96. The lowest BCUT2D eigenvalue weighted by atomic mass is 10.2. The molecule has 0 radical (unpaired) electrons. The summed E-state index contributed by atoms with van der Waals surface area (Å²) in [6, 6.07) is 12.4. The molecule has 0 saturated heterocycles. The lowest BCUT2D eigenvalue weighted by molar-refractivity contribution is 0.0946. The van der Waals surface area contributed by atoms with Crippen LogP contribution < -0.4 is 10.1 Å². The quantitative estimate of drug-likeness (QED) is 0.874. The van der Waals surface area contributed by atoms with E-state index in [-0.39, 0.29) is 5.91 Å². The lowest BCUT2D eigenvalue weighted by Gasteiger charge is -2.06. The van der Waals surface area contributed by atoms with Crippen LogP contribution in [0.2, 0.25) is 5.15 Å². The van der Waals surface area contributed by atoms with E-state index in [2.05, 4.69) is 10.3 Å². The summed E-state index contributed by atoms with van der Waals surface area (Å²) in [5.74, 6) is 0.532. The monoisotopic (exact) mass is 276 g/mol. The average molecular weight is 277 g/mol. The molecule has 4 nitrogen and oxygen atoms in total. The summed E-state index contributed by atoms with van der Waals surface area (Å²) < 4.78 is 5.07. The van der Waals surface area contributed by atoms with Gasteiger partial charge in [-0.25, -0.2) is 4.98 Å². The number of benzene rings is 1. The molecule has 0 aliphatic carbocycles.